The van der Waals surface area contributed by atoms with Crippen molar-refractivity contribution in [2.24, 2.45) is 0 Å². The molecule has 1 aromatic carbocycles. The third kappa shape index (κ3) is 4.77. The lowest BCUT2D eigenvalue weighted by Gasteiger charge is -2.28. The van der Waals surface area contributed by atoms with E-state index in [4.69, 9.17) is 0 Å². The first kappa shape index (κ1) is 17.0. The van der Waals surface area contributed by atoms with Gasteiger partial charge in [0.25, 0.3) is 0 Å². The van der Waals surface area contributed by atoms with Crippen LogP contribution < -0.4 is 10.6 Å². The number of aryl methyl sites for hydroxylation is 1. The van der Waals surface area contributed by atoms with Gasteiger partial charge in [0, 0.05) is 6.54 Å². The number of hydrogen-bond donors (Lipinski definition) is 3. The predicted octanol–water partition coefficient (Wildman–Crippen LogP) is 2.48. The summed E-state index contributed by atoms with van der Waals surface area (Å²) in [5.74, 6) is -0.999. The highest BCUT2D eigenvalue weighted by molar-refractivity contribution is 5.86. The van der Waals surface area contributed by atoms with Crippen LogP contribution in [0.25, 0.3) is 0 Å². The van der Waals surface area contributed by atoms with Crippen LogP contribution in [0.2, 0.25) is 0 Å². The minimum Gasteiger partial charge on any atom is -0.480 e. The first-order valence-corrected chi connectivity index (χ1v) is 7.28. The SMILES string of the molecule is CCC(CC)(NC(=O)NCCc1cccc(C)c1)C(=O)O. The maximum Gasteiger partial charge on any atom is 0.329 e. The van der Waals surface area contributed by atoms with E-state index in [9.17, 15) is 14.7 Å². The van der Waals surface area contributed by atoms with E-state index in [2.05, 4.69) is 16.7 Å². The average Bonchev–Trinajstić information content (AvgIpc) is 2.44. The molecule has 5 heteroatoms. The average molecular weight is 292 g/mol. The smallest absolute Gasteiger partial charge is 0.329 e. The number of benzene rings is 1. The Balaban J connectivity index is 2.48. The number of urea groups is 1. The largest absolute Gasteiger partial charge is 0.480 e. The summed E-state index contributed by atoms with van der Waals surface area (Å²) in [6, 6.07) is 7.64. The zero-order valence-electron chi connectivity index (χ0n) is 12.9. The summed E-state index contributed by atoms with van der Waals surface area (Å²) >= 11 is 0. The van der Waals surface area contributed by atoms with Crippen LogP contribution in [0.4, 0.5) is 4.79 Å². The lowest BCUT2D eigenvalue weighted by molar-refractivity contribution is -0.144. The van der Waals surface area contributed by atoms with Gasteiger partial charge in [-0.05, 0) is 31.7 Å². The van der Waals surface area contributed by atoms with Crippen LogP contribution in [0, 0.1) is 6.92 Å². The Labute approximate surface area is 125 Å². The molecule has 3 N–H and O–H groups in total. The second kappa shape index (κ2) is 7.67. The Kier molecular flexibility index (Phi) is 6.21. The summed E-state index contributed by atoms with van der Waals surface area (Å²) in [6.45, 7) is 6.00. The second-order valence-electron chi connectivity index (χ2n) is 5.21. The van der Waals surface area contributed by atoms with Crippen molar-refractivity contribution in [1.82, 2.24) is 10.6 Å². The summed E-state index contributed by atoms with van der Waals surface area (Å²) in [5, 5.41) is 14.6. The number of rotatable bonds is 7. The number of hydrogen-bond acceptors (Lipinski definition) is 2. The molecule has 0 atom stereocenters. The Morgan fingerprint density at radius 2 is 1.90 bits per heavy atom. The molecular weight excluding hydrogens is 268 g/mol. The van der Waals surface area contributed by atoms with Crippen LogP contribution in [0.5, 0.6) is 0 Å². The van der Waals surface area contributed by atoms with E-state index in [0.717, 1.165) is 5.56 Å². The molecule has 0 heterocycles. The van der Waals surface area contributed by atoms with Gasteiger partial charge in [0.15, 0.2) is 0 Å². The van der Waals surface area contributed by atoms with Gasteiger partial charge >= 0.3 is 12.0 Å². The molecule has 0 radical (unpaired) electrons. The molecule has 0 spiro atoms. The fraction of sp³-hybridized carbons (Fsp3) is 0.500. The molecule has 0 unspecified atom stereocenters. The van der Waals surface area contributed by atoms with Crippen molar-refractivity contribution in [3.05, 3.63) is 35.4 Å². The molecule has 0 aromatic heterocycles. The van der Waals surface area contributed by atoms with E-state index in [1.54, 1.807) is 13.8 Å². The van der Waals surface area contributed by atoms with E-state index in [1.807, 2.05) is 25.1 Å². The molecule has 0 saturated heterocycles. The van der Waals surface area contributed by atoms with Crippen LogP contribution >= 0.6 is 0 Å². The van der Waals surface area contributed by atoms with Crippen LogP contribution in [0.1, 0.15) is 37.8 Å². The monoisotopic (exact) mass is 292 g/mol. The predicted molar refractivity (Wildman–Crippen MR) is 82.4 cm³/mol. The lowest BCUT2D eigenvalue weighted by atomic mass is 9.93. The Bertz CT molecular complexity index is 496. The normalized spacial score (nSPS) is 11.0. The molecule has 0 saturated carbocycles. The summed E-state index contributed by atoms with van der Waals surface area (Å²) in [4.78, 5) is 23.2. The quantitative estimate of drug-likeness (QED) is 0.722. The van der Waals surface area contributed by atoms with Crippen molar-refractivity contribution >= 4 is 12.0 Å². The molecule has 1 rings (SSSR count). The van der Waals surface area contributed by atoms with Gasteiger partial charge in [-0.1, -0.05) is 43.7 Å². The molecule has 2 amide bonds. The lowest BCUT2D eigenvalue weighted by Crippen LogP contribution is -2.56. The van der Waals surface area contributed by atoms with E-state index >= 15 is 0 Å². The van der Waals surface area contributed by atoms with Crippen molar-refractivity contribution < 1.29 is 14.7 Å². The van der Waals surface area contributed by atoms with Gasteiger partial charge in [-0.15, -0.1) is 0 Å². The van der Waals surface area contributed by atoms with Crippen molar-refractivity contribution in [3.8, 4) is 0 Å². The van der Waals surface area contributed by atoms with Crippen LogP contribution in [0.3, 0.4) is 0 Å². The van der Waals surface area contributed by atoms with E-state index in [1.165, 1.54) is 5.56 Å². The highest BCUT2D eigenvalue weighted by Gasteiger charge is 2.36. The van der Waals surface area contributed by atoms with Crippen molar-refractivity contribution in [2.75, 3.05) is 6.54 Å². The third-order valence-corrected chi connectivity index (χ3v) is 3.75. The summed E-state index contributed by atoms with van der Waals surface area (Å²) < 4.78 is 0. The maximum atomic E-state index is 11.9. The van der Waals surface area contributed by atoms with Gasteiger partial charge in [0.1, 0.15) is 5.54 Å². The molecule has 0 aliphatic heterocycles. The van der Waals surface area contributed by atoms with Gasteiger partial charge in [-0.25, -0.2) is 9.59 Å². The number of amides is 2. The molecule has 1 aromatic rings. The van der Waals surface area contributed by atoms with E-state index in [-0.39, 0.29) is 0 Å². The van der Waals surface area contributed by atoms with Crippen molar-refractivity contribution in [3.63, 3.8) is 0 Å². The highest BCUT2D eigenvalue weighted by atomic mass is 16.4. The fourth-order valence-electron chi connectivity index (χ4n) is 2.23. The van der Waals surface area contributed by atoms with Gasteiger partial charge in [-0.2, -0.15) is 0 Å². The van der Waals surface area contributed by atoms with Crippen molar-refractivity contribution in [1.29, 1.82) is 0 Å². The number of aliphatic carboxylic acids is 1. The Morgan fingerprint density at radius 3 is 2.43 bits per heavy atom. The number of carboxylic acid groups (broad SMARTS) is 1. The van der Waals surface area contributed by atoms with E-state index < -0.39 is 17.5 Å². The minimum atomic E-state index is -1.19. The molecule has 116 valence electrons. The molecule has 0 fully saturated rings. The number of nitrogens with one attached hydrogen (secondary N) is 2. The Hall–Kier alpha value is -2.04. The topological polar surface area (TPSA) is 78.4 Å². The zero-order valence-corrected chi connectivity index (χ0v) is 12.9. The van der Waals surface area contributed by atoms with Gasteiger partial charge in [0.05, 0.1) is 0 Å². The third-order valence-electron chi connectivity index (χ3n) is 3.75. The van der Waals surface area contributed by atoms with E-state index in [0.29, 0.717) is 25.8 Å². The summed E-state index contributed by atoms with van der Waals surface area (Å²) in [7, 11) is 0. The van der Waals surface area contributed by atoms with Gasteiger partial charge in [-0.3, -0.25) is 0 Å². The van der Waals surface area contributed by atoms with Gasteiger partial charge < -0.3 is 15.7 Å². The molecule has 0 aliphatic rings. The number of carbonyl (C=O) groups is 2. The summed E-state index contributed by atoms with van der Waals surface area (Å²) in [6.07, 6.45) is 1.42. The molecule has 0 bridgehead atoms. The fourth-order valence-corrected chi connectivity index (χ4v) is 2.23. The molecular formula is C16H24N2O3. The van der Waals surface area contributed by atoms with Crippen LogP contribution in [-0.4, -0.2) is 29.2 Å². The molecule has 5 nitrogen and oxygen atoms in total. The standard InChI is InChI=1S/C16H24N2O3/c1-4-16(5-2,14(19)20)18-15(21)17-10-9-13-8-6-7-12(3)11-13/h6-8,11H,4-5,9-10H2,1-3H3,(H,19,20)(H2,17,18,21). The minimum absolute atomic E-state index is 0.351. The first-order valence-electron chi connectivity index (χ1n) is 7.28. The van der Waals surface area contributed by atoms with Gasteiger partial charge in [0.2, 0.25) is 0 Å². The number of carboxylic acids is 1. The zero-order chi connectivity index (χ0) is 15.9. The number of carbonyl (C=O) groups excluding carboxylic acids is 1. The summed E-state index contributed by atoms with van der Waals surface area (Å²) in [5.41, 5.74) is 1.14. The van der Waals surface area contributed by atoms with Crippen molar-refractivity contribution in [2.45, 2.75) is 45.6 Å². The second-order valence-corrected chi connectivity index (χ2v) is 5.21. The van der Waals surface area contributed by atoms with Crippen LogP contribution in [0.15, 0.2) is 24.3 Å². The highest BCUT2D eigenvalue weighted by Crippen LogP contribution is 2.15. The first-order chi connectivity index (χ1) is 9.93. The van der Waals surface area contributed by atoms with Crippen LogP contribution in [-0.2, 0) is 11.2 Å². The maximum absolute atomic E-state index is 11.9. The molecule has 0 aliphatic carbocycles. The Morgan fingerprint density at radius 1 is 1.24 bits per heavy atom. The molecule has 21 heavy (non-hydrogen) atoms.